The molecular weight excluding hydrogens is 574 g/mol. The first kappa shape index (κ1) is 30.7. The number of nitrogens with one attached hydrogen (secondary N) is 2. The van der Waals surface area contributed by atoms with Crippen molar-refractivity contribution >= 4 is 47.3 Å². The second-order valence-corrected chi connectivity index (χ2v) is 10.3. The van der Waals surface area contributed by atoms with Crippen molar-refractivity contribution in [3.8, 4) is 11.5 Å². The van der Waals surface area contributed by atoms with Crippen LogP contribution in [0.25, 0.3) is 0 Å². The van der Waals surface area contributed by atoms with Crippen molar-refractivity contribution in [2.75, 3.05) is 50.1 Å². The molecule has 0 radical (unpaired) electrons. The molecule has 2 fully saturated rings. The maximum absolute atomic E-state index is 15.2. The third kappa shape index (κ3) is 7.41. The second-order valence-electron chi connectivity index (χ2n) is 10.3. The Balaban J connectivity index is 1.24. The van der Waals surface area contributed by atoms with Crippen molar-refractivity contribution in [3.05, 3.63) is 66.4 Å². The van der Waals surface area contributed by atoms with Crippen LogP contribution in [-0.2, 0) is 19.1 Å². The second kappa shape index (κ2) is 13.7. The molecule has 11 nitrogen and oxygen atoms in total. The first-order valence-corrected chi connectivity index (χ1v) is 14.1. The predicted molar refractivity (Wildman–Crippen MR) is 161 cm³/mol. The van der Waals surface area contributed by atoms with Gasteiger partial charge in [-0.3, -0.25) is 14.5 Å². The topological polar surface area (TPSA) is 127 Å². The molecule has 44 heavy (non-hydrogen) atoms. The van der Waals surface area contributed by atoms with Crippen molar-refractivity contribution < 1.29 is 32.6 Å². The number of benzene rings is 2. The minimum absolute atomic E-state index is 0.137. The van der Waals surface area contributed by atoms with Crippen LogP contribution in [0.3, 0.4) is 0 Å². The molecule has 2 amide bonds. The van der Waals surface area contributed by atoms with Crippen LogP contribution in [0.4, 0.5) is 31.7 Å². The number of nitrogens with zero attached hydrogens (tertiary/aromatic N) is 4. The molecule has 1 saturated heterocycles. The van der Waals surface area contributed by atoms with E-state index in [0.29, 0.717) is 50.8 Å². The normalized spacial score (nSPS) is 16.1. The van der Waals surface area contributed by atoms with Gasteiger partial charge >= 0.3 is 0 Å². The van der Waals surface area contributed by atoms with E-state index in [-0.39, 0.29) is 28.7 Å². The molecule has 1 aliphatic carbocycles. The smallest absolute Gasteiger partial charge is 0.240 e. The Kier molecular flexibility index (Phi) is 9.56. The highest BCUT2D eigenvalue weighted by atomic mass is 19.1. The summed E-state index contributed by atoms with van der Waals surface area (Å²) in [6, 6.07) is 10.7. The van der Waals surface area contributed by atoms with Gasteiger partial charge in [-0.25, -0.2) is 23.7 Å². The highest BCUT2D eigenvalue weighted by Gasteiger charge is 2.56. The van der Waals surface area contributed by atoms with E-state index >= 15 is 4.39 Å². The summed E-state index contributed by atoms with van der Waals surface area (Å²) in [5.74, 6) is -1.73. The lowest BCUT2D eigenvalue weighted by atomic mass is 10.0. The molecule has 2 N–H and O–H groups in total. The van der Waals surface area contributed by atoms with Crippen LogP contribution in [0.2, 0.25) is 0 Å². The monoisotopic (exact) mass is 606 g/mol. The maximum atomic E-state index is 15.2. The minimum atomic E-state index is -1.29. The predicted octanol–water partition coefficient (Wildman–Crippen LogP) is 5.24. The van der Waals surface area contributed by atoms with Gasteiger partial charge in [0.2, 0.25) is 11.8 Å². The van der Waals surface area contributed by atoms with Crippen LogP contribution >= 0.6 is 0 Å². The summed E-state index contributed by atoms with van der Waals surface area (Å²) in [5, 5.41) is 5.25. The van der Waals surface area contributed by atoms with E-state index in [2.05, 4.69) is 37.2 Å². The summed E-state index contributed by atoms with van der Waals surface area (Å²) in [4.78, 5) is 40.6. The SMILES string of the molecule is C=Nc1nccc(Oc2ccc(NC(=O)C3(C(=O)Nc4ccc(F)cc4)CC3)cc2F)c1/N=C(\C)OCCN1CCOCC1. The van der Waals surface area contributed by atoms with E-state index in [1.165, 1.54) is 48.7 Å². The van der Waals surface area contributed by atoms with Crippen molar-refractivity contribution in [2.24, 2.45) is 15.4 Å². The Labute approximate surface area is 253 Å². The third-order valence-electron chi connectivity index (χ3n) is 7.24. The summed E-state index contributed by atoms with van der Waals surface area (Å²) in [6.45, 7) is 9.42. The molecule has 13 heteroatoms. The number of pyridine rings is 1. The molecule has 3 aromatic rings. The van der Waals surface area contributed by atoms with Crippen LogP contribution in [0.15, 0.2) is 64.7 Å². The molecule has 0 unspecified atom stereocenters. The van der Waals surface area contributed by atoms with Crippen molar-refractivity contribution in [2.45, 2.75) is 19.8 Å². The first-order chi connectivity index (χ1) is 21.3. The molecule has 2 aromatic carbocycles. The first-order valence-electron chi connectivity index (χ1n) is 14.1. The number of aromatic nitrogens is 1. The fourth-order valence-electron chi connectivity index (χ4n) is 4.56. The Morgan fingerprint density at radius 3 is 2.36 bits per heavy atom. The minimum Gasteiger partial charge on any atom is -0.480 e. The van der Waals surface area contributed by atoms with E-state index in [0.717, 1.165) is 19.2 Å². The molecule has 0 spiro atoms. The van der Waals surface area contributed by atoms with Crippen molar-refractivity contribution in [1.29, 1.82) is 0 Å². The van der Waals surface area contributed by atoms with Crippen molar-refractivity contribution in [1.82, 2.24) is 9.88 Å². The number of aliphatic imine (C=N–C) groups is 2. The van der Waals surface area contributed by atoms with Gasteiger partial charge in [-0.1, -0.05) is 0 Å². The molecule has 1 aromatic heterocycles. The van der Waals surface area contributed by atoms with Crippen LogP contribution < -0.4 is 15.4 Å². The molecular formula is C31H32F2N6O5. The van der Waals surface area contributed by atoms with Gasteiger partial charge in [0.05, 0.1) is 13.2 Å². The number of hydrogen-bond acceptors (Lipinski definition) is 9. The fourth-order valence-corrected chi connectivity index (χ4v) is 4.56. The number of morpholine rings is 1. The zero-order chi connectivity index (χ0) is 31.1. The molecule has 1 aliphatic heterocycles. The Hall–Kier alpha value is -4.75. The van der Waals surface area contributed by atoms with E-state index < -0.39 is 28.9 Å². The van der Waals surface area contributed by atoms with E-state index in [9.17, 15) is 14.0 Å². The number of anilines is 2. The number of halogens is 2. The van der Waals surface area contributed by atoms with Crippen LogP contribution in [0.5, 0.6) is 11.5 Å². The number of rotatable bonds is 11. The van der Waals surface area contributed by atoms with E-state index in [1.54, 1.807) is 6.92 Å². The Bertz CT molecular complexity index is 1560. The highest BCUT2D eigenvalue weighted by molar-refractivity contribution is 6.16. The van der Waals surface area contributed by atoms with Gasteiger partial charge in [-0.2, -0.15) is 0 Å². The summed E-state index contributed by atoms with van der Waals surface area (Å²) in [7, 11) is 0. The standard InChI is InChI=1S/C31H32F2N6O5/c1-20(43-18-15-39-13-16-42-17-14-39)36-27-26(9-12-35-28(27)34-2)44-25-8-7-23(19-24(25)33)38-30(41)31(10-11-31)29(40)37-22-5-3-21(32)4-6-22/h3-9,12,19H,2,10-11,13-18H2,1H3,(H,37,40)(H,38,41)/b36-20+. The number of carbonyl (C=O) groups excluding carboxylic acids is 2. The summed E-state index contributed by atoms with van der Waals surface area (Å²) in [5.41, 5.74) is -0.565. The average Bonchev–Trinajstić information content (AvgIpc) is 3.84. The molecule has 5 rings (SSSR count). The number of ether oxygens (including phenoxy) is 3. The van der Waals surface area contributed by atoms with Gasteiger partial charge in [-0.05, 0) is 56.0 Å². The third-order valence-corrected chi connectivity index (χ3v) is 7.24. The molecule has 2 aliphatic rings. The van der Waals surface area contributed by atoms with E-state index in [4.69, 9.17) is 14.2 Å². The summed E-state index contributed by atoms with van der Waals surface area (Å²) in [6.07, 6.45) is 2.10. The van der Waals surface area contributed by atoms with E-state index in [1.807, 2.05) is 0 Å². The van der Waals surface area contributed by atoms with Gasteiger partial charge in [0, 0.05) is 56.3 Å². The lowest BCUT2D eigenvalue weighted by Crippen LogP contribution is -2.38. The largest absolute Gasteiger partial charge is 0.480 e. The van der Waals surface area contributed by atoms with Gasteiger partial charge in [0.15, 0.2) is 34.7 Å². The van der Waals surface area contributed by atoms with Crippen molar-refractivity contribution in [3.63, 3.8) is 0 Å². The zero-order valence-corrected chi connectivity index (χ0v) is 24.1. The quantitative estimate of drug-likeness (QED) is 0.174. The van der Waals surface area contributed by atoms with Gasteiger partial charge in [-0.15, -0.1) is 0 Å². The van der Waals surface area contributed by atoms with Gasteiger partial charge < -0.3 is 24.8 Å². The number of amides is 2. The van der Waals surface area contributed by atoms with Crippen LogP contribution in [-0.4, -0.2) is 73.8 Å². The Morgan fingerprint density at radius 2 is 1.70 bits per heavy atom. The highest BCUT2D eigenvalue weighted by Crippen LogP contribution is 2.47. The number of carbonyl (C=O) groups is 2. The lowest BCUT2D eigenvalue weighted by Gasteiger charge is -2.26. The van der Waals surface area contributed by atoms with Crippen LogP contribution in [0.1, 0.15) is 19.8 Å². The fraction of sp³-hybridized carbons (Fsp3) is 0.323. The molecule has 230 valence electrons. The number of hydrogen-bond donors (Lipinski definition) is 2. The summed E-state index contributed by atoms with van der Waals surface area (Å²) >= 11 is 0. The van der Waals surface area contributed by atoms with Crippen LogP contribution in [0, 0.1) is 17.0 Å². The maximum Gasteiger partial charge on any atom is 0.240 e. The summed E-state index contributed by atoms with van der Waals surface area (Å²) < 4.78 is 45.4. The Morgan fingerprint density at radius 1 is 1.02 bits per heavy atom. The zero-order valence-electron chi connectivity index (χ0n) is 24.1. The van der Waals surface area contributed by atoms with Gasteiger partial charge in [0.1, 0.15) is 17.8 Å². The molecule has 1 saturated carbocycles. The lowest BCUT2D eigenvalue weighted by molar-refractivity contribution is -0.131. The average molecular weight is 607 g/mol. The molecule has 2 heterocycles. The molecule has 0 bridgehead atoms. The van der Waals surface area contributed by atoms with Gasteiger partial charge in [0.25, 0.3) is 0 Å². The molecule has 0 atom stereocenters.